The summed E-state index contributed by atoms with van der Waals surface area (Å²) >= 11 is 15.8. The number of hydrogen-bond acceptors (Lipinski definition) is 5. The molecule has 0 spiro atoms. The van der Waals surface area contributed by atoms with Crippen molar-refractivity contribution >= 4 is 50.9 Å². The Bertz CT molecular complexity index is 1480. The maximum atomic E-state index is 13.3. The number of nitrogens with zero attached hydrogens (tertiary/aromatic N) is 5. The van der Waals surface area contributed by atoms with Crippen LogP contribution in [0.2, 0.25) is 10.0 Å². The quantitative estimate of drug-likeness (QED) is 0.287. The van der Waals surface area contributed by atoms with E-state index in [1.54, 1.807) is 53.6 Å². The number of rotatable bonds is 6. The van der Waals surface area contributed by atoms with E-state index in [2.05, 4.69) is 26.2 Å². The number of hydrogen-bond donors (Lipinski definition) is 0. The van der Waals surface area contributed by atoms with Crippen molar-refractivity contribution in [2.45, 2.75) is 6.54 Å². The molecule has 0 saturated carbocycles. The summed E-state index contributed by atoms with van der Waals surface area (Å²) < 4.78 is 8.37. The zero-order valence-electron chi connectivity index (χ0n) is 19.4. The minimum absolute atomic E-state index is 0.0433. The van der Waals surface area contributed by atoms with Crippen LogP contribution in [0, 0.1) is 0 Å². The highest BCUT2D eigenvalue weighted by molar-refractivity contribution is 9.10. The molecule has 5 rings (SSSR count). The fraction of sp³-hybridized carbons (Fsp3) is 0.154. The van der Waals surface area contributed by atoms with Gasteiger partial charge in [-0.3, -0.25) is 9.59 Å². The first-order chi connectivity index (χ1) is 17.9. The van der Waals surface area contributed by atoms with Crippen LogP contribution in [0.25, 0.3) is 5.69 Å². The highest BCUT2D eigenvalue weighted by Gasteiger charge is 2.29. The van der Waals surface area contributed by atoms with Gasteiger partial charge in [0.1, 0.15) is 23.7 Å². The molecule has 3 aromatic carbocycles. The summed E-state index contributed by atoms with van der Waals surface area (Å²) in [5.74, 6) is 0.583. The van der Waals surface area contributed by atoms with Gasteiger partial charge in [-0.05, 0) is 42.5 Å². The maximum absolute atomic E-state index is 13.3. The van der Waals surface area contributed by atoms with Crippen LogP contribution in [-0.2, 0) is 11.3 Å². The molecule has 2 heterocycles. The summed E-state index contributed by atoms with van der Waals surface area (Å²) in [5, 5.41) is 9.06. The van der Waals surface area contributed by atoms with E-state index in [1.165, 1.54) is 9.58 Å². The molecule has 0 radical (unpaired) electrons. The van der Waals surface area contributed by atoms with Gasteiger partial charge < -0.3 is 14.5 Å². The first kappa shape index (κ1) is 25.3. The summed E-state index contributed by atoms with van der Waals surface area (Å²) in [5.41, 5.74) is 1.58. The molecule has 0 aliphatic carbocycles. The van der Waals surface area contributed by atoms with Gasteiger partial charge in [-0.15, -0.1) is 5.10 Å². The third-order valence-corrected chi connectivity index (χ3v) is 7.12. The first-order valence-electron chi connectivity index (χ1n) is 11.3. The molecule has 37 heavy (non-hydrogen) atoms. The van der Waals surface area contributed by atoms with Gasteiger partial charge in [-0.2, -0.15) is 0 Å². The van der Waals surface area contributed by atoms with Crippen LogP contribution in [0.1, 0.15) is 16.1 Å². The molecule has 0 N–H and O–H groups in total. The van der Waals surface area contributed by atoms with Crippen molar-refractivity contribution in [2.24, 2.45) is 0 Å². The molecule has 0 unspecified atom stereocenters. The normalized spacial score (nSPS) is 13.6. The van der Waals surface area contributed by atoms with Gasteiger partial charge in [0, 0.05) is 17.6 Å². The van der Waals surface area contributed by atoms with Crippen molar-refractivity contribution in [1.82, 2.24) is 24.8 Å². The van der Waals surface area contributed by atoms with E-state index in [4.69, 9.17) is 27.9 Å². The van der Waals surface area contributed by atoms with Crippen LogP contribution in [0.3, 0.4) is 0 Å². The van der Waals surface area contributed by atoms with Crippen molar-refractivity contribution in [3.63, 3.8) is 0 Å². The molecule has 1 aliphatic heterocycles. The van der Waals surface area contributed by atoms with E-state index in [0.29, 0.717) is 51.6 Å². The summed E-state index contributed by atoms with van der Waals surface area (Å²) in [6, 6.07) is 19.6. The van der Waals surface area contributed by atoms with Crippen LogP contribution in [-0.4, -0.2) is 56.2 Å². The van der Waals surface area contributed by atoms with Gasteiger partial charge in [0.05, 0.1) is 34.0 Å². The average molecular weight is 601 g/mol. The van der Waals surface area contributed by atoms with E-state index in [9.17, 15) is 9.59 Å². The second kappa shape index (κ2) is 10.9. The van der Waals surface area contributed by atoms with Gasteiger partial charge in [-0.25, -0.2) is 4.68 Å². The summed E-state index contributed by atoms with van der Waals surface area (Å²) in [4.78, 5) is 29.4. The van der Waals surface area contributed by atoms with E-state index in [0.717, 1.165) is 4.47 Å². The lowest BCUT2D eigenvalue weighted by Gasteiger charge is -2.34. The minimum atomic E-state index is -0.264. The lowest BCUT2D eigenvalue weighted by molar-refractivity contribution is -0.135. The number of benzene rings is 3. The second-order valence-electron chi connectivity index (χ2n) is 8.32. The zero-order chi connectivity index (χ0) is 25.9. The molecule has 11 heteroatoms. The van der Waals surface area contributed by atoms with Crippen molar-refractivity contribution in [3.8, 4) is 17.2 Å². The monoisotopic (exact) mass is 599 g/mol. The number of amides is 2. The Morgan fingerprint density at radius 3 is 2.65 bits per heavy atom. The van der Waals surface area contributed by atoms with Crippen molar-refractivity contribution in [1.29, 1.82) is 0 Å². The standard InChI is InChI=1S/C26H20BrCl2N5O3/c27-17-5-3-6-19(13-17)37-23-10-2-1-7-20(23)26(36)33-12-11-32(24(35)16-33)14-18-15-34(31-30-18)22-9-4-8-21(28)25(22)29/h1-10,13,15H,11-12,14,16H2. The molecule has 0 bridgehead atoms. The molecule has 1 aromatic heterocycles. The summed E-state index contributed by atoms with van der Waals surface area (Å²) in [7, 11) is 0. The summed E-state index contributed by atoms with van der Waals surface area (Å²) in [6.07, 6.45) is 1.71. The number of carbonyl (C=O) groups is 2. The van der Waals surface area contributed by atoms with Crippen molar-refractivity contribution < 1.29 is 14.3 Å². The SMILES string of the molecule is O=C1CN(C(=O)c2ccccc2Oc2cccc(Br)c2)CCN1Cc1cn(-c2cccc(Cl)c2Cl)nn1. The number of ether oxygens (including phenoxy) is 1. The molecule has 1 saturated heterocycles. The molecule has 188 valence electrons. The van der Waals surface area contributed by atoms with Crippen LogP contribution < -0.4 is 4.74 Å². The molecule has 1 fully saturated rings. The fourth-order valence-electron chi connectivity index (χ4n) is 3.96. The van der Waals surface area contributed by atoms with Crippen LogP contribution in [0.15, 0.2) is 77.4 Å². The predicted molar refractivity (Wildman–Crippen MR) is 143 cm³/mol. The van der Waals surface area contributed by atoms with Gasteiger partial charge in [0.2, 0.25) is 5.91 Å². The molecule has 8 nitrogen and oxygen atoms in total. The number of para-hydroxylation sites is 1. The number of piperazine rings is 1. The van der Waals surface area contributed by atoms with E-state index in [-0.39, 0.29) is 24.9 Å². The molecule has 0 atom stereocenters. The lowest BCUT2D eigenvalue weighted by atomic mass is 10.1. The molecule has 1 aliphatic rings. The molecule has 4 aromatic rings. The molecule has 2 amide bonds. The number of halogens is 3. The van der Waals surface area contributed by atoms with Crippen LogP contribution in [0.5, 0.6) is 11.5 Å². The van der Waals surface area contributed by atoms with Crippen LogP contribution in [0.4, 0.5) is 0 Å². The number of aromatic nitrogens is 3. The Kier molecular flexibility index (Phi) is 7.45. The highest BCUT2D eigenvalue weighted by Crippen LogP contribution is 2.29. The highest BCUT2D eigenvalue weighted by atomic mass is 79.9. The lowest BCUT2D eigenvalue weighted by Crippen LogP contribution is -2.51. The molecular weight excluding hydrogens is 581 g/mol. The number of carbonyl (C=O) groups excluding carboxylic acids is 2. The Balaban J connectivity index is 1.25. The predicted octanol–water partition coefficient (Wildman–Crippen LogP) is 5.61. The minimum Gasteiger partial charge on any atom is -0.456 e. The summed E-state index contributed by atoms with van der Waals surface area (Å²) in [6.45, 7) is 0.966. The third kappa shape index (κ3) is 5.64. The molecular formula is C26H20BrCl2N5O3. The van der Waals surface area contributed by atoms with Crippen LogP contribution >= 0.6 is 39.1 Å². The largest absolute Gasteiger partial charge is 0.456 e. The van der Waals surface area contributed by atoms with Crippen molar-refractivity contribution in [2.75, 3.05) is 19.6 Å². The Morgan fingerprint density at radius 2 is 1.84 bits per heavy atom. The second-order valence-corrected chi connectivity index (χ2v) is 10.0. The van der Waals surface area contributed by atoms with E-state index >= 15 is 0 Å². The van der Waals surface area contributed by atoms with Gasteiger partial charge in [0.25, 0.3) is 5.91 Å². The first-order valence-corrected chi connectivity index (χ1v) is 12.9. The van der Waals surface area contributed by atoms with Crippen molar-refractivity contribution in [3.05, 3.63) is 98.7 Å². The average Bonchev–Trinajstić information content (AvgIpc) is 3.35. The van der Waals surface area contributed by atoms with Gasteiger partial charge in [0.15, 0.2) is 0 Å². The van der Waals surface area contributed by atoms with Gasteiger partial charge >= 0.3 is 0 Å². The Hall–Kier alpha value is -3.40. The van der Waals surface area contributed by atoms with E-state index < -0.39 is 0 Å². The van der Waals surface area contributed by atoms with E-state index in [1.807, 2.05) is 24.3 Å². The Labute approximate surface area is 231 Å². The smallest absolute Gasteiger partial charge is 0.258 e. The third-order valence-electron chi connectivity index (χ3n) is 5.82. The topological polar surface area (TPSA) is 80.6 Å². The zero-order valence-corrected chi connectivity index (χ0v) is 22.4. The Morgan fingerprint density at radius 1 is 1.03 bits per heavy atom. The maximum Gasteiger partial charge on any atom is 0.258 e. The fourth-order valence-corrected chi connectivity index (χ4v) is 4.72. The van der Waals surface area contributed by atoms with Gasteiger partial charge in [-0.1, -0.05) is 68.6 Å².